The molecule has 4 nitrogen and oxygen atoms in total. The van der Waals surface area contributed by atoms with Gasteiger partial charge in [0.25, 0.3) is 5.91 Å². The fourth-order valence-electron chi connectivity index (χ4n) is 2.62. The van der Waals surface area contributed by atoms with Crippen LogP contribution in [0.2, 0.25) is 0 Å². The van der Waals surface area contributed by atoms with Gasteiger partial charge in [-0.05, 0) is 31.4 Å². The third-order valence-corrected chi connectivity index (χ3v) is 3.80. The molecule has 1 aromatic heterocycles. The predicted octanol–water partition coefficient (Wildman–Crippen LogP) is 3.86. The molecule has 0 radical (unpaired) electrons. The van der Waals surface area contributed by atoms with Gasteiger partial charge in [0.2, 0.25) is 0 Å². The molecule has 0 aliphatic rings. The van der Waals surface area contributed by atoms with E-state index < -0.39 is 0 Å². The van der Waals surface area contributed by atoms with Crippen molar-refractivity contribution in [1.29, 1.82) is 0 Å². The SMILES string of the molecule is Cc1cc(C(=O)NCC#CCOc2cccc3ccccc23)c(C)o1. The number of fused-ring (bicyclic) bond motifs is 1. The van der Waals surface area contributed by atoms with E-state index in [-0.39, 0.29) is 19.1 Å². The van der Waals surface area contributed by atoms with Crippen molar-refractivity contribution in [2.24, 2.45) is 0 Å². The second kappa shape index (κ2) is 7.59. The summed E-state index contributed by atoms with van der Waals surface area (Å²) in [5.41, 5.74) is 0.548. The Morgan fingerprint density at radius 3 is 2.72 bits per heavy atom. The van der Waals surface area contributed by atoms with Gasteiger partial charge in [-0.2, -0.15) is 0 Å². The van der Waals surface area contributed by atoms with Crippen LogP contribution in [0.3, 0.4) is 0 Å². The molecule has 4 heteroatoms. The molecule has 2 aromatic carbocycles. The maximum absolute atomic E-state index is 12.0. The van der Waals surface area contributed by atoms with E-state index in [4.69, 9.17) is 9.15 Å². The highest BCUT2D eigenvalue weighted by Crippen LogP contribution is 2.24. The second-order valence-corrected chi connectivity index (χ2v) is 5.63. The Bertz CT molecular complexity index is 955. The van der Waals surface area contributed by atoms with Crippen LogP contribution in [0.5, 0.6) is 5.75 Å². The lowest BCUT2D eigenvalue weighted by Gasteiger charge is -2.06. The van der Waals surface area contributed by atoms with Crippen molar-refractivity contribution in [3.8, 4) is 17.6 Å². The highest BCUT2D eigenvalue weighted by atomic mass is 16.5. The zero-order valence-electron chi connectivity index (χ0n) is 14.3. The summed E-state index contributed by atoms with van der Waals surface area (Å²) < 4.78 is 11.1. The van der Waals surface area contributed by atoms with Gasteiger partial charge in [-0.25, -0.2) is 0 Å². The van der Waals surface area contributed by atoms with Crippen LogP contribution in [0, 0.1) is 25.7 Å². The quantitative estimate of drug-likeness (QED) is 0.738. The minimum atomic E-state index is -0.182. The largest absolute Gasteiger partial charge is 0.480 e. The first-order valence-electron chi connectivity index (χ1n) is 8.06. The maximum atomic E-state index is 12.0. The first-order chi connectivity index (χ1) is 12.1. The van der Waals surface area contributed by atoms with Crippen LogP contribution in [0.25, 0.3) is 10.8 Å². The number of carbonyl (C=O) groups excluding carboxylic acids is 1. The summed E-state index contributed by atoms with van der Waals surface area (Å²) in [5.74, 6) is 7.77. The van der Waals surface area contributed by atoms with Gasteiger partial charge in [0, 0.05) is 5.39 Å². The van der Waals surface area contributed by atoms with Gasteiger partial charge in [0.05, 0.1) is 12.1 Å². The number of aryl methyl sites for hydroxylation is 2. The van der Waals surface area contributed by atoms with E-state index in [1.807, 2.05) is 49.4 Å². The Kier molecular flexibility index (Phi) is 5.06. The lowest BCUT2D eigenvalue weighted by atomic mass is 10.1. The monoisotopic (exact) mass is 333 g/mol. The van der Waals surface area contributed by atoms with Crippen LogP contribution in [0.15, 0.2) is 52.9 Å². The first kappa shape index (κ1) is 16.7. The van der Waals surface area contributed by atoms with Crippen LogP contribution in [-0.4, -0.2) is 19.1 Å². The number of carbonyl (C=O) groups is 1. The molecule has 0 fully saturated rings. The molecule has 3 rings (SSSR count). The summed E-state index contributed by atoms with van der Waals surface area (Å²) in [6.07, 6.45) is 0. The topological polar surface area (TPSA) is 51.5 Å². The molecule has 25 heavy (non-hydrogen) atoms. The van der Waals surface area contributed by atoms with Gasteiger partial charge in [-0.3, -0.25) is 4.79 Å². The Labute approximate surface area is 146 Å². The lowest BCUT2D eigenvalue weighted by molar-refractivity contribution is 0.0957. The van der Waals surface area contributed by atoms with E-state index in [0.29, 0.717) is 11.3 Å². The first-order valence-corrected chi connectivity index (χ1v) is 8.06. The summed E-state index contributed by atoms with van der Waals surface area (Å²) in [6.45, 7) is 4.12. The van der Waals surface area contributed by atoms with Crippen LogP contribution < -0.4 is 10.1 Å². The molecule has 3 aromatic rings. The molecular weight excluding hydrogens is 314 g/mol. The van der Waals surface area contributed by atoms with Crippen molar-refractivity contribution in [1.82, 2.24) is 5.32 Å². The van der Waals surface area contributed by atoms with Crippen molar-refractivity contribution >= 4 is 16.7 Å². The molecule has 0 bridgehead atoms. The number of nitrogens with one attached hydrogen (secondary N) is 1. The van der Waals surface area contributed by atoms with Gasteiger partial charge in [-0.1, -0.05) is 48.2 Å². The molecule has 1 heterocycles. The van der Waals surface area contributed by atoms with E-state index in [1.54, 1.807) is 13.0 Å². The van der Waals surface area contributed by atoms with Crippen LogP contribution in [0.4, 0.5) is 0 Å². The zero-order chi connectivity index (χ0) is 17.6. The normalized spacial score (nSPS) is 10.2. The third-order valence-electron chi connectivity index (χ3n) is 3.80. The minimum Gasteiger partial charge on any atom is -0.480 e. The van der Waals surface area contributed by atoms with E-state index in [2.05, 4.69) is 17.2 Å². The number of hydrogen-bond donors (Lipinski definition) is 1. The average Bonchev–Trinajstić information content (AvgIpc) is 2.96. The Balaban J connectivity index is 1.52. The van der Waals surface area contributed by atoms with Crippen molar-refractivity contribution in [3.63, 3.8) is 0 Å². The summed E-state index contributed by atoms with van der Waals surface area (Å²) in [7, 11) is 0. The van der Waals surface area contributed by atoms with Crippen LogP contribution in [-0.2, 0) is 0 Å². The Morgan fingerprint density at radius 1 is 1.12 bits per heavy atom. The maximum Gasteiger partial charge on any atom is 0.255 e. The standard InChI is InChI=1S/C21H19NO3/c1-15-14-19(16(2)25-15)21(23)22-12-5-6-13-24-20-11-7-9-17-8-3-4-10-18(17)20/h3-4,7-11,14H,12-13H2,1-2H3,(H,22,23). The third kappa shape index (κ3) is 4.02. The fourth-order valence-corrected chi connectivity index (χ4v) is 2.62. The zero-order valence-corrected chi connectivity index (χ0v) is 14.3. The van der Waals surface area contributed by atoms with Gasteiger partial charge < -0.3 is 14.5 Å². The minimum absolute atomic E-state index is 0.182. The van der Waals surface area contributed by atoms with Crippen molar-refractivity contribution in [2.45, 2.75) is 13.8 Å². The highest BCUT2D eigenvalue weighted by molar-refractivity contribution is 5.95. The van der Waals surface area contributed by atoms with E-state index in [0.717, 1.165) is 22.3 Å². The summed E-state index contributed by atoms with van der Waals surface area (Å²) in [4.78, 5) is 12.0. The highest BCUT2D eigenvalue weighted by Gasteiger charge is 2.12. The molecule has 0 saturated heterocycles. The van der Waals surface area contributed by atoms with Crippen LogP contribution in [0.1, 0.15) is 21.9 Å². The summed E-state index contributed by atoms with van der Waals surface area (Å²) >= 11 is 0. The molecular formula is C21H19NO3. The van der Waals surface area contributed by atoms with Crippen molar-refractivity contribution in [2.75, 3.05) is 13.2 Å². The van der Waals surface area contributed by atoms with Gasteiger partial charge in [-0.15, -0.1) is 0 Å². The second-order valence-electron chi connectivity index (χ2n) is 5.63. The number of hydrogen-bond acceptors (Lipinski definition) is 3. The predicted molar refractivity (Wildman–Crippen MR) is 97.7 cm³/mol. The number of ether oxygens (including phenoxy) is 1. The van der Waals surface area contributed by atoms with Crippen LogP contribution >= 0.6 is 0 Å². The summed E-state index contributed by atoms with van der Waals surface area (Å²) in [6, 6.07) is 15.7. The van der Waals surface area contributed by atoms with E-state index in [9.17, 15) is 4.79 Å². The molecule has 0 unspecified atom stereocenters. The Morgan fingerprint density at radius 2 is 1.92 bits per heavy atom. The van der Waals surface area contributed by atoms with Crippen molar-refractivity contribution in [3.05, 3.63) is 65.6 Å². The number of amides is 1. The smallest absolute Gasteiger partial charge is 0.255 e. The number of furan rings is 1. The van der Waals surface area contributed by atoms with Gasteiger partial charge in [0.1, 0.15) is 23.9 Å². The average molecular weight is 333 g/mol. The number of rotatable bonds is 4. The molecule has 0 aliphatic heterocycles. The number of benzene rings is 2. The molecule has 0 aliphatic carbocycles. The molecule has 0 saturated carbocycles. The Hall–Kier alpha value is -3.19. The van der Waals surface area contributed by atoms with Gasteiger partial charge >= 0.3 is 0 Å². The molecule has 0 atom stereocenters. The van der Waals surface area contributed by atoms with Gasteiger partial charge in [0.15, 0.2) is 0 Å². The molecule has 1 amide bonds. The molecule has 1 N–H and O–H groups in total. The lowest BCUT2D eigenvalue weighted by Crippen LogP contribution is -2.23. The fraction of sp³-hybridized carbons (Fsp3) is 0.190. The molecule has 126 valence electrons. The summed E-state index contributed by atoms with van der Waals surface area (Å²) in [5, 5.41) is 4.94. The van der Waals surface area contributed by atoms with E-state index >= 15 is 0 Å². The van der Waals surface area contributed by atoms with Crippen molar-refractivity contribution < 1.29 is 13.9 Å². The van der Waals surface area contributed by atoms with E-state index in [1.165, 1.54) is 0 Å². The molecule has 0 spiro atoms.